The Balaban J connectivity index is 0.000000125. The van der Waals surface area contributed by atoms with Crippen LogP contribution in [0.5, 0.6) is 29.3 Å². The number of likely N-dealkylation sites (N-methyl/N-ethyl adjacent to an activating group) is 3. The zero-order valence-corrected chi connectivity index (χ0v) is 52.8. The lowest BCUT2D eigenvalue weighted by Gasteiger charge is -2.34. The highest BCUT2D eigenvalue weighted by Gasteiger charge is 2.31. The molecule has 3 amide bonds. The number of phenols is 1. The maximum absolute atomic E-state index is 11.5. The first-order valence-electron chi connectivity index (χ1n) is 30.3. The molecule has 29 nitrogen and oxygen atoms in total. The maximum Gasteiger partial charge on any atom is 0.322 e. The van der Waals surface area contributed by atoms with Gasteiger partial charge in [-0.3, -0.25) is 14.4 Å². The lowest BCUT2D eigenvalue weighted by molar-refractivity contribution is 0.0982. The van der Waals surface area contributed by atoms with Gasteiger partial charge in [-0.2, -0.15) is 9.97 Å². The number of amides is 3. The molecule has 3 aliphatic heterocycles. The summed E-state index contributed by atoms with van der Waals surface area (Å²) in [4.78, 5) is 73.7. The summed E-state index contributed by atoms with van der Waals surface area (Å²) in [5.41, 5.74) is 24.5. The van der Waals surface area contributed by atoms with Crippen molar-refractivity contribution in [3.8, 4) is 52.2 Å². The van der Waals surface area contributed by atoms with Gasteiger partial charge >= 0.3 is 12.0 Å². The van der Waals surface area contributed by atoms with Gasteiger partial charge in [0.05, 0.1) is 5.39 Å². The number of carbonyl (C=O) groups is 3. The number of piperazine rings is 3. The summed E-state index contributed by atoms with van der Waals surface area (Å²) in [5.74, 6) is 0.427. The summed E-state index contributed by atoms with van der Waals surface area (Å²) in [5, 5.41) is 21.3. The first kappa shape index (κ1) is 63.5. The van der Waals surface area contributed by atoms with Gasteiger partial charge in [0.15, 0.2) is 34.2 Å². The number of aromatic hydroxyl groups is 1. The van der Waals surface area contributed by atoms with E-state index in [2.05, 4.69) is 95.9 Å². The molecule has 0 bridgehead atoms. The molecule has 9 heterocycles. The van der Waals surface area contributed by atoms with E-state index in [9.17, 15) is 27.9 Å². The average Bonchev–Trinajstić information content (AvgIpc) is 1.59. The number of hydrogen-bond donors (Lipinski definition) is 4. The SMILES string of the molecule is CN1CCN(c2ccc(O)cc2)CC1.CN1CCN(c2ccc(Oc3ncc4c(n3)-c3onc(C(N)=O)c3CC4)cc2)CC1.CN1CCN(c2ccc(Oc3ncc4ccc5c(C(N)=O)noc5c4n3)cc2)CC1.CS(=O)(=O)c1ncc2c(n1)-c1onc(C(N)=O)c1CC2. The molecule has 30 heteroatoms. The smallest absolute Gasteiger partial charge is 0.322 e. The molecule has 6 aromatic heterocycles. The predicted molar refractivity (Wildman–Crippen MR) is 346 cm³/mol. The van der Waals surface area contributed by atoms with E-state index in [0.717, 1.165) is 107 Å². The molecular formula is C64H68N18O11S. The predicted octanol–water partition coefficient (Wildman–Crippen LogP) is 5.16. The number of sulfone groups is 1. The summed E-state index contributed by atoms with van der Waals surface area (Å²) >= 11 is 0. The van der Waals surface area contributed by atoms with Gasteiger partial charge in [-0.1, -0.05) is 21.5 Å². The Bertz CT molecular complexity index is 4520. The Morgan fingerprint density at radius 1 is 0.489 bits per heavy atom. The fourth-order valence-corrected chi connectivity index (χ4v) is 11.8. The Morgan fingerprint density at radius 3 is 1.36 bits per heavy atom. The summed E-state index contributed by atoms with van der Waals surface area (Å²) in [6, 6.07) is 27.1. The lowest BCUT2D eigenvalue weighted by atomic mass is 9.94. The Labute approximate surface area is 539 Å². The number of carbonyl (C=O) groups excluding carboxylic acids is 3. The molecule has 10 aromatic rings. The second-order valence-electron chi connectivity index (χ2n) is 23.2. The van der Waals surface area contributed by atoms with Gasteiger partial charge in [0.25, 0.3) is 17.7 Å². The van der Waals surface area contributed by atoms with Gasteiger partial charge < -0.3 is 74.7 Å². The van der Waals surface area contributed by atoms with Crippen molar-refractivity contribution in [1.82, 2.24) is 60.1 Å². The number of anilines is 3. The number of benzene rings is 4. The van der Waals surface area contributed by atoms with Gasteiger partial charge in [0.1, 0.15) is 34.2 Å². The zero-order valence-electron chi connectivity index (χ0n) is 52.0. The van der Waals surface area contributed by atoms with Crippen LogP contribution in [0.3, 0.4) is 0 Å². The average molecular weight is 1300 g/mol. The third kappa shape index (κ3) is 14.2. The maximum atomic E-state index is 11.5. The fourth-order valence-electron chi connectivity index (χ4n) is 11.3. The zero-order chi connectivity index (χ0) is 65.8. The molecule has 7 N–H and O–H groups in total. The van der Waals surface area contributed by atoms with E-state index in [0.29, 0.717) is 87.7 Å². The first-order chi connectivity index (χ1) is 45.3. The van der Waals surface area contributed by atoms with Crippen molar-refractivity contribution in [2.75, 3.05) is 121 Å². The van der Waals surface area contributed by atoms with E-state index in [4.69, 9.17) is 40.2 Å². The number of fused-ring (bicyclic) bond motifs is 9. The third-order valence-corrected chi connectivity index (χ3v) is 17.6. The van der Waals surface area contributed by atoms with Gasteiger partial charge in [-0.05, 0) is 126 Å². The van der Waals surface area contributed by atoms with Crippen molar-refractivity contribution in [3.63, 3.8) is 0 Å². The monoisotopic (exact) mass is 1300 g/mol. The van der Waals surface area contributed by atoms with E-state index in [1.165, 1.54) is 17.6 Å². The minimum atomic E-state index is -3.52. The Morgan fingerprint density at radius 2 is 0.904 bits per heavy atom. The van der Waals surface area contributed by atoms with Gasteiger partial charge in [-0.25, -0.2) is 28.4 Å². The number of primary amides is 3. The van der Waals surface area contributed by atoms with Gasteiger partial charge in [0, 0.05) is 148 Å². The van der Waals surface area contributed by atoms with Crippen LogP contribution in [0.25, 0.3) is 44.8 Å². The van der Waals surface area contributed by atoms with Crippen LogP contribution in [-0.4, -0.2) is 197 Å². The van der Waals surface area contributed by atoms with E-state index in [1.807, 2.05) is 60.7 Å². The van der Waals surface area contributed by atoms with E-state index >= 15 is 0 Å². The largest absolute Gasteiger partial charge is 0.508 e. The molecule has 5 aliphatic rings. The van der Waals surface area contributed by atoms with Crippen molar-refractivity contribution in [2.45, 2.75) is 30.8 Å². The molecule has 3 saturated heterocycles. The minimum Gasteiger partial charge on any atom is -0.508 e. The van der Waals surface area contributed by atoms with Crippen molar-refractivity contribution in [2.24, 2.45) is 17.2 Å². The highest BCUT2D eigenvalue weighted by Crippen LogP contribution is 2.37. The van der Waals surface area contributed by atoms with E-state index < -0.39 is 27.6 Å². The number of nitrogens with two attached hydrogens (primary N) is 3. The van der Waals surface area contributed by atoms with Gasteiger partial charge in [0.2, 0.25) is 15.0 Å². The summed E-state index contributed by atoms with van der Waals surface area (Å²) in [7, 11) is 2.90. The highest BCUT2D eigenvalue weighted by atomic mass is 32.2. The normalized spacial score (nSPS) is 15.6. The first-order valence-corrected chi connectivity index (χ1v) is 32.2. The van der Waals surface area contributed by atoms with Crippen molar-refractivity contribution < 1.29 is 51.0 Å². The molecule has 0 saturated carbocycles. The standard InChI is InChI=1S/C21H22N6O3.C21H20N6O3.C11H10N4O4S.C11H16N2O/c2*1-26-8-10-27(11-9-26)14-3-5-15(6-4-14)29-21-23-12-13-2-7-16-18(20(22)28)25-30-19(16)17(13)24-21;1-20(17,18)11-13-4-5-2-3-6-8(10(12)16)15-19-9(6)7(5)14-11;1-12-6-8-13(9-7-12)10-2-4-11(14)5-3-10/h3-6,12H,2,7-11H2,1H3,(H2,22,28);2-7,12H,8-11H2,1H3,(H2,22,28);4H,2-3H2,1H3,(H2,12,16);2-5,14H,6-9H2,1H3. The molecular weight excluding hydrogens is 1230 g/mol. The van der Waals surface area contributed by atoms with Crippen LogP contribution >= 0.6 is 0 Å². The molecule has 4 aromatic carbocycles. The second kappa shape index (κ2) is 27.3. The molecule has 0 unspecified atom stereocenters. The van der Waals surface area contributed by atoms with Crippen molar-refractivity contribution in [1.29, 1.82) is 0 Å². The number of phenolic OH excluding ortho intramolecular Hbond substituents is 1. The van der Waals surface area contributed by atoms with Crippen LogP contribution in [0.15, 0.2) is 122 Å². The van der Waals surface area contributed by atoms with Crippen LogP contribution in [0.4, 0.5) is 17.1 Å². The van der Waals surface area contributed by atoms with Crippen LogP contribution < -0.4 is 41.4 Å². The topological polar surface area (TPSA) is 377 Å². The summed E-state index contributed by atoms with van der Waals surface area (Å²) in [6.45, 7) is 12.6. The number of nitrogens with zero attached hydrogens (tertiary/aromatic N) is 15. The number of aromatic nitrogens is 9. The molecule has 0 radical (unpaired) electrons. The molecule has 0 spiro atoms. The third-order valence-electron chi connectivity index (χ3n) is 16.7. The summed E-state index contributed by atoms with van der Waals surface area (Å²) < 4.78 is 50.5. The molecule has 2 aliphatic carbocycles. The van der Waals surface area contributed by atoms with Crippen LogP contribution in [0, 0.1) is 0 Å². The highest BCUT2D eigenvalue weighted by molar-refractivity contribution is 7.90. The minimum absolute atomic E-state index is 0.0603. The Kier molecular flexibility index (Phi) is 18.4. The van der Waals surface area contributed by atoms with E-state index in [-0.39, 0.29) is 40.0 Å². The summed E-state index contributed by atoms with van der Waals surface area (Å²) in [6.07, 6.45) is 8.22. The van der Waals surface area contributed by atoms with Crippen molar-refractivity contribution >= 4 is 66.5 Å². The molecule has 0 atom stereocenters. The number of ether oxygens (including phenoxy) is 2. The Hall–Kier alpha value is -10.7. The fraction of sp³-hybridized carbons (Fsp3) is 0.312. The van der Waals surface area contributed by atoms with E-state index in [1.54, 1.807) is 36.7 Å². The number of rotatable bonds is 11. The number of aryl methyl sites for hydroxylation is 2. The van der Waals surface area contributed by atoms with Crippen LogP contribution in [-0.2, 0) is 35.5 Å². The molecule has 3 fully saturated rings. The molecule has 15 rings (SSSR count). The lowest BCUT2D eigenvalue weighted by Crippen LogP contribution is -2.44. The van der Waals surface area contributed by atoms with Gasteiger partial charge in [-0.15, -0.1) is 0 Å². The van der Waals surface area contributed by atoms with Crippen LogP contribution in [0.2, 0.25) is 0 Å². The second-order valence-corrected chi connectivity index (χ2v) is 25.1. The van der Waals surface area contributed by atoms with Crippen LogP contribution in [0.1, 0.15) is 53.7 Å². The number of hydrogen-bond acceptors (Lipinski definition) is 26. The van der Waals surface area contributed by atoms with Crippen molar-refractivity contribution in [3.05, 3.63) is 143 Å². The molecule has 486 valence electrons. The quantitative estimate of drug-likeness (QED) is 0.121. The molecule has 94 heavy (non-hydrogen) atoms.